The van der Waals surface area contributed by atoms with Gasteiger partial charge >= 0.3 is 0 Å². The quantitative estimate of drug-likeness (QED) is 0.556. The first-order chi connectivity index (χ1) is 11.7. The van der Waals surface area contributed by atoms with Crippen molar-refractivity contribution in [3.05, 3.63) is 54.1 Å². The Balaban J connectivity index is 1.63. The van der Waals surface area contributed by atoms with Gasteiger partial charge in [-0.25, -0.2) is 0 Å². The molecule has 0 unspecified atom stereocenters. The minimum atomic E-state index is 0.0125. The van der Waals surface area contributed by atoms with Crippen LogP contribution in [0.1, 0.15) is 12.5 Å². The third kappa shape index (κ3) is 6.16. The molecule has 0 aliphatic heterocycles. The molecular weight excluding hydrogens is 322 g/mol. The number of amides is 1. The van der Waals surface area contributed by atoms with Gasteiger partial charge in [0.15, 0.2) is 0 Å². The van der Waals surface area contributed by atoms with E-state index < -0.39 is 0 Å². The summed E-state index contributed by atoms with van der Waals surface area (Å²) in [6.45, 7) is 5.57. The first-order valence-electron chi connectivity index (χ1n) is 8.00. The van der Waals surface area contributed by atoms with Gasteiger partial charge in [0.1, 0.15) is 18.1 Å². The van der Waals surface area contributed by atoms with Crippen LogP contribution in [-0.2, 0) is 4.79 Å². The van der Waals surface area contributed by atoms with Crippen LogP contribution >= 0.6 is 11.8 Å². The van der Waals surface area contributed by atoms with Crippen LogP contribution in [0, 0.1) is 6.92 Å². The number of carbonyl (C=O) groups excluding carboxylic acids is 1. The van der Waals surface area contributed by atoms with E-state index in [1.807, 2.05) is 62.4 Å². The lowest BCUT2D eigenvalue weighted by molar-refractivity contribution is -0.118. The number of hydrogen-bond donors (Lipinski definition) is 1. The molecule has 2 aromatic rings. The van der Waals surface area contributed by atoms with Crippen molar-refractivity contribution in [3.8, 4) is 11.5 Å². The third-order valence-corrected chi connectivity index (χ3v) is 4.46. The lowest BCUT2D eigenvalue weighted by Crippen LogP contribution is -2.29. The van der Waals surface area contributed by atoms with Crippen LogP contribution < -0.4 is 14.8 Å². The van der Waals surface area contributed by atoms with Gasteiger partial charge in [0.2, 0.25) is 5.91 Å². The Morgan fingerprint density at radius 1 is 1.04 bits per heavy atom. The lowest BCUT2D eigenvalue weighted by atomic mass is 10.2. The molecule has 0 heterocycles. The van der Waals surface area contributed by atoms with E-state index in [4.69, 9.17) is 9.47 Å². The number of ether oxygens (including phenoxy) is 2. The first-order valence-corrected chi connectivity index (χ1v) is 8.98. The smallest absolute Gasteiger partial charge is 0.230 e. The first kappa shape index (κ1) is 18.2. The van der Waals surface area contributed by atoms with Crippen LogP contribution in [0.2, 0.25) is 0 Å². The average molecular weight is 345 g/mol. The zero-order valence-corrected chi connectivity index (χ0v) is 14.9. The molecule has 0 saturated heterocycles. The molecule has 4 nitrogen and oxygen atoms in total. The summed E-state index contributed by atoms with van der Waals surface area (Å²) in [7, 11) is 0. The molecule has 0 saturated carbocycles. The van der Waals surface area contributed by atoms with E-state index in [2.05, 4.69) is 5.32 Å². The highest BCUT2D eigenvalue weighted by molar-refractivity contribution is 8.00. The zero-order valence-electron chi connectivity index (χ0n) is 14.1. The molecule has 2 aromatic carbocycles. The number of nitrogens with one attached hydrogen (secondary N) is 1. The highest BCUT2D eigenvalue weighted by atomic mass is 32.2. The molecule has 0 aliphatic rings. The van der Waals surface area contributed by atoms with Crippen LogP contribution in [-0.4, -0.2) is 31.4 Å². The Morgan fingerprint density at radius 2 is 1.71 bits per heavy atom. The maximum absolute atomic E-state index is 11.9. The molecular formula is C19H23NO3S. The van der Waals surface area contributed by atoms with Crippen molar-refractivity contribution in [2.75, 3.05) is 25.5 Å². The van der Waals surface area contributed by atoms with E-state index in [-0.39, 0.29) is 5.91 Å². The van der Waals surface area contributed by atoms with Gasteiger partial charge in [0.05, 0.1) is 18.9 Å². The van der Waals surface area contributed by atoms with E-state index in [0.29, 0.717) is 25.5 Å². The molecule has 0 spiro atoms. The number of rotatable bonds is 9. The SMILES string of the molecule is CCOc1ccc(OCCNC(=O)CSc2ccccc2C)cc1. The summed E-state index contributed by atoms with van der Waals surface area (Å²) < 4.78 is 11.0. The maximum Gasteiger partial charge on any atom is 0.230 e. The Labute approximate surface area is 147 Å². The van der Waals surface area contributed by atoms with E-state index >= 15 is 0 Å². The van der Waals surface area contributed by atoms with Gasteiger partial charge in [-0.3, -0.25) is 4.79 Å². The standard InChI is InChI=1S/C19H23NO3S/c1-3-22-16-8-10-17(11-9-16)23-13-12-20-19(21)14-24-18-7-5-4-6-15(18)2/h4-11H,3,12-14H2,1-2H3,(H,20,21). The topological polar surface area (TPSA) is 47.6 Å². The molecule has 2 rings (SSSR count). The van der Waals surface area contributed by atoms with Crippen LogP contribution in [0.3, 0.4) is 0 Å². The third-order valence-electron chi connectivity index (χ3n) is 3.28. The summed E-state index contributed by atoms with van der Waals surface area (Å²) in [5.74, 6) is 2.01. The highest BCUT2D eigenvalue weighted by Gasteiger charge is 2.04. The van der Waals surface area contributed by atoms with Crippen molar-refractivity contribution in [1.29, 1.82) is 0 Å². The van der Waals surface area contributed by atoms with E-state index in [1.54, 1.807) is 11.8 Å². The van der Waals surface area contributed by atoms with Gasteiger partial charge in [-0.1, -0.05) is 18.2 Å². The van der Waals surface area contributed by atoms with Crippen molar-refractivity contribution in [1.82, 2.24) is 5.32 Å². The average Bonchev–Trinajstić information content (AvgIpc) is 2.60. The van der Waals surface area contributed by atoms with Gasteiger partial charge in [-0.05, 0) is 49.7 Å². The van der Waals surface area contributed by atoms with Crippen molar-refractivity contribution in [2.24, 2.45) is 0 Å². The number of thioether (sulfide) groups is 1. The lowest BCUT2D eigenvalue weighted by Gasteiger charge is -2.09. The number of benzene rings is 2. The molecule has 128 valence electrons. The second-order valence-electron chi connectivity index (χ2n) is 5.16. The molecule has 0 radical (unpaired) electrons. The maximum atomic E-state index is 11.9. The van der Waals surface area contributed by atoms with Gasteiger partial charge in [-0.2, -0.15) is 0 Å². The Hall–Kier alpha value is -2.14. The summed E-state index contributed by atoms with van der Waals surface area (Å²) in [5.41, 5.74) is 1.19. The molecule has 5 heteroatoms. The number of aryl methyl sites for hydroxylation is 1. The summed E-state index contributed by atoms with van der Waals surface area (Å²) >= 11 is 1.55. The Bertz CT molecular complexity index is 643. The molecule has 0 bridgehead atoms. The van der Waals surface area contributed by atoms with Crippen LogP contribution in [0.5, 0.6) is 11.5 Å². The minimum absolute atomic E-state index is 0.0125. The fourth-order valence-corrected chi connectivity index (χ4v) is 2.93. The van der Waals surface area contributed by atoms with Gasteiger partial charge in [0, 0.05) is 4.90 Å². The molecule has 0 atom stereocenters. The van der Waals surface area contributed by atoms with E-state index in [9.17, 15) is 4.79 Å². The molecule has 1 N–H and O–H groups in total. The van der Waals surface area contributed by atoms with E-state index in [1.165, 1.54) is 5.56 Å². The van der Waals surface area contributed by atoms with E-state index in [0.717, 1.165) is 16.4 Å². The van der Waals surface area contributed by atoms with Crippen molar-refractivity contribution >= 4 is 17.7 Å². The molecule has 1 amide bonds. The van der Waals surface area contributed by atoms with Crippen LogP contribution in [0.15, 0.2) is 53.4 Å². The largest absolute Gasteiger partial charge is 0.494 e. The second kappa shape index (κ2) is 9.88. The van der Waals surface area contributed by atoms with Gasteiger partial charge < -0.3 is 14.8 Å². The summed E-state index contributed by atoms with van der Waals surface area (Å²) in [6, 6.07) is 15.5. The Kier molecular flexibility index (Phi) is 7.49. The number of hydrogen-bond acceptors (Lipinski definition) is 4. The highest BCUT2D eigenvalue weighted by Crippen LogP contribution is 2.21. The fraction of sp³-hybridized carbons (Fsp3) is 0.316. The molecule has 0 aliphatic carbocycles. The summed E-state index contributed by atoms with van der Waals surface area (Å²) in [5, 5.41) is 2.86. The predicted molar refractivity (Wildman–Crippen MR) is 98.0 cm³/mol. The fourth-order valence-electron chi connectivity index (χ4n) is 2.07. The summed E-state index contributed by atoms with van der Waals surface area (Å²) in [6.07, 6.45) is 0. The van der Waals surface area contributed by atoms with Gasteiger partial charge in [-0.15, -0.1) is 11.8 Å². The Morgan fingerprint density at radius 3 is 2.38 bits per heavy atom. The molecule has 0 aromatic heterocycles. The van der Waals surface area contributed by atoms with Gasteiger partial charge in [0.25, 0.3) is 0 Å². The van der Waals surface area contributed by atoms with Crippen molar-refractivity contribution in [2.45, 2.75) is 18.7 Å². The van der Waals surface area contributed by atoms with Crippen molar-refractivity contribution in [3.63, 3.8) is 0 Å². The molecule has 0 fully saturated rings. The second-order valence-corrected chi connectivity index (χ2v) is 6.17. The predicted octanol–water partition coefficient (Wildman–Crippen LogP) is 3.68. The monoisotopic (exact) mass is 345 g/mol. The number of carbonyl (C=O) groups is 1. The summed E-state index contributed by atoms with van der Waals surface area (Å²) in [4.78, 5) is 13.0. The van der Waals surface area contributed by atoms with Crippen molar-refractivity contribution < 1.29 is 14.3 Å². The zero-order chi connectivity index (χ0) is 17.2. The van der Waals surface area contributed by atoms with Crippen LogP contribution in [0.4, 0.5) is 0 Å². The van der Waals surface area contributed by atoms with Crippen LogP contribution in [0.25, 0.3) is 0 Å². The normalized spacial score (nSPS) is 10.2. The minimum Gasteiger partial charge on any atom is -0.494 e. The molecule has 24 heavy (non-hydrogen) atoms.